The van der Waals surface area contributed by atoms with Crippen molar-refractivity contribution in [3.8, 4) is 6.07 Å². The number of hydrogen-bond acceptors (Lipinski definition) is 6. The van der Waals surface area contributed by atoms with Crippen molar-refractivity contribution in [3.05, 3.63) is 27.9 Å². The third kappa shape index (κ3) is 2.38. The molecule has 1 rings (SSSR count). The molecule has 1 heterocycles. The fourth-order valence-electron chi connectivity index (χ4n) is 1.02. The summed E-state index contributed by atoms with van der Waals surface area (Å²) in [6.07, 6.45) is 1.34. The quantitative estimate of drug-likeness (QED) is 0.580. The molecule has 0 aliphatic heterocycles. The standard InChI is InChI=1S/C8H9N5O2/c1-12(2)11-8-7(13(14)15)6(5-9)3-4-10-8/h3-4H,1-2H3,(H,10,11). The van der Waals surface area contributed by atoms with Gasteiger partial charge in [-0.2, -0.15) is 5.26 Å². The van der Waals surface area contributed by atoms with Gasteiger partial charge in [0.2, 0.25) is 5.82 Å². The Hall–Kier alpha value is -2.20. The van der Waals surface area contributed by atoms with Crippen LogP contribution >= 0.6 is 0 Å². The van der Waals surface area contributed by atoms with Gasteiger partial charge in [-0.25, -0.2) is 9.99 Å². The van der Waals surface area contributed by atoms with Crippen molar-refractivity contribution in [2.24, 2.45) is 0 Å². The minimum Gasteiger partial charge on any atom is -0.298 e. The van der Waals surface area contributed by atoms with Crippen LogP contribution in [0, 0.1) is 21.4 Å². The van der Waals surface area contributed by atoms with Crippen molar-refractivity contribution in [2.75, 3.05) is 19.5 Å². The Kier molecular flexibility index (Phi) is 3.15. The molecule has 7 heteroatoms. The molecule has 1 N–H and O–H groups in total. The largest absolute Gasteiger partial charge is 0.330 e. The SMILES string of the molecule is CN(C)Nc1nccc(C#N)c1[N+](=O)[O-]. The van der Waals surface area contributed by atoms with Gasteiger partial charge in [0.15, 0.2) is 0 Å². The van der Waals surface area contributed by atoms with Crippen LogP contribution in [0.25, 0.3) is 0 Å². The first-order valence-electron chi connectivity index (χ1n) is 4.03. The van der Waals surface area contributed by atoms with Crippen LogP contribution in [-0.2, 0) is 0 Å². The smallest absolute Gasteiger partial charge is 0.298 e. The first-order chi connectivity index (χ1) is 7.06. The number of nitriles is 1. The lowest BCUT2D eigenvalue weighted by Crippen LogP contribution is -2.21. The molecule has 0 aliphatic carbocycles. The fraction of sp³-hybridized carbons (Fsp3) is 0.250. The summed E-state index contributed by atoms with van der Waals surface area (Å²) in [5, 5.41) is 21.0. The molecular formula is C8H9N5O2. The molecule has 15 heavy (non-hydrogen) atoms. The molecule has 1 aromatic heterocycles. The maximum atomic E-state index is 10.7. The lowest BCUT2D eigenvalue weighted by molar-refractivity contribution is -0.384. The van der Waals surface area contributed by atoms with Crippen LogP contribution in [-0.4, -0.2) is 29.0 Å². The van der Waals surface area contributed by atoms with Crippen molar-refractivity contribution in [1.29, 1.82) is 5.26 Å². The Morgan fingerprint density at radius 3 is 2.80 bits per heavy atom. The number of nitrogens with one attached hydrogen (secondary N) is 1. The summed E-state index contributed by atoms with van der Waals surface area (Å²) >= 11 is 0. The molecule has 0 saturated heterocycles. The maximum absolute atomic E-state index is 10.7. The highest BCUT2D eigenvalue weighted by Gasteiger charge is 2.21. The van der Waals surface area contributed by atoms with E-state index in [0.29, 0.717) is 0 Å². The zero-order chi connectivity index (χ0) is 11.4. The van der Waals surface area contributed by atoms with Crippen molar-refractivity contribution >= 4 is 11.5 Å². The summed E-state index contributed by atoms with van der Waals surface area (Å²) in [7, 11) is 3.34. The van der Waals surface area contributed by atoms with E-state index in [4.69, 9.17) is 5.26 Å². The number of hydrazine groups is 1. The fourth-order valence-corrected chi connectivity index (χ4v) is 1.02. The number of pyridine rings is 1. The van der Waals surface area contributed by atoms with Gasteiger partial charge in [0.25, 0.3) is 0 Å². The number of nitrogens with zero attached hydrogens (tertiary/aromatic N) is 4. The van der Waals surface area contributed by atoms with Gasteiger partial charge < -0.3 is 0 Å². The lowest BCUT2D eigenvalue weighted by atomic mass is 10.2. The zero-order valence-corrected chi connectivity index (χ0v) is 8.26. The Morgan fingerprint density at radius 1 is 1.67 bits per heavy atom. The molecule has 0 aromatic carbocycles. The number of nitro groups is 1. The summed E-state index contributed by atoms with van der Waals surface area (Å²) in [6.45, 7) is 0. The van der Waals surface area contributed by atoms with Gasteiger partial charge in [0, 0.05) is 20.3 Å². The van der Waals surface area contributed by atoms with Crippen LogP contribution in [0.15, 0.2) is 12.3 Å². The number of anilines is 1. The Morgan fingerprint density at radius 2 is 2.33 bits per heavy atom. The van der Waals surface area contributed by atoms with Crippen LogP contribution in [0.3, 0.4) is 0 Å². The normalized spacial score (nSPS) is 9.73. The molecule has 0 unspecified atom stereocenters. The monoisotopic (exact) mass is 207 g/mol. The van der Waals surface area contributed by atoms with E-state index in [9.17, 15) is 10.1 Å². The topological polar surface area (TPSA) is 95.1 Å². The minimum atomic E-state index is -0.628. The van der Waals surface area contributed by atoms with E-state index in [1.54, 1.807) is 20.2 Å². The summed E-state index contributed by atoms with van der Waals surface area (Å²) in [4.78, 5) is 13.9. The number of aromatic nitrogens is 1. The summed E-state index contributed by atoms with van der Waals surface area (Å²) < 4.78 is 0. The van der Waals surface area contributed by atoms with E-state index >= 15 is 0 Å². The highest BCUT2D eigenvalue weighted by atomic mass is 16.6. The first-order valence-corrected chi connectivity index (χ1v) is 4.03. The van der Waals surface area contributed by atoms with Crippen LogP contribution in [0.5, 0.6) is 0 Å². The molecule has 0 bridgehead atoms. The third-order valence-electron chi connectivity index (χ3n) is 1.56. The average molecular weight is 207 g/mol. The summed E-state index contributed by atoms with van der Waals surface area (Å²) in [6, 6.07) is 3.05. The van der Waals surface area contributed by atoms with Gasteiger partial charge in [-0.3, -0.25) is 15.5 Å². The van der Waals surface area contributed by atoms with E-state index < -0.39 is 4.92 Å². The van der Waals surface area contributed by atoms with Crippen molar-refractivity contribution in [2.45, 2.75) is 0 Å². The summed E-state index contributed by atoms with van der Waals surface area (Å²) in [5.41, 5.74) is 2.33. The van der Waals surface area contributed by atoms with E-state index in [2.05, 4.69) is 10.4 Å². The minimum absolute atomic E-state index is 0.0145. The zero-order valence-electron chi connectivity index (χ0n) is 8.26. The van der Waals surface area contributed by atoms with Gasteiger partial charge in [-0.15, -0.1) is 0 Å². The van der Waals surface area contributed by atoms with Crippen LogP contribution < -0.4 is 5.43 Å². The van der Waals surface area contributed by atoms with Gasteiger partial charge in [0.05, 0.1) is 4.92 Å². The lowest BCUT2D eigenvalue weighted by Gasteiger charge is -2.12. The molecule has 78 valence electrons. The Balaban J connectivity index is 3.27. The van der Waals surface area contributed by atoms with E-state index in [1.165, 1.54) is 17.3 Å². The molecule has 0 atom stereocenters. The van der Waals surface area contributed by atoms with Crippen molar-refractivity contribution in [1.82, 2.24) is 9.99 Å². The Bertz CT molecular complexity index is 424. The van der Waals surface area contributed by atoms with Gasteiger partial charge in [-0.05, 0) is 6.07 Å². The van der Waals surface area contributed by atoms with Crippen molar-refractivity contribution < 1.29 is 4.92 Å². The second-order valence-electron chi connectivity index (χ2n) is 2.93. The molecule has 0 radical (unpaired) electrons. The Labute approximate surface area is 86.1 Å². The van der Waals surface area contributed by atoms with E-state index in [-0.39, 0.29) is 17.1 Å². The molecule has 1 aromatic rings. The predicted molar refractivity (Wildman–Crippen MR) is 52.9 cm³/mol. The number of rotatable bonds is 3. The molecule has 0 fully saturated rings. The van der Waals surface area contributed by atoms with Gasteiger partial charge >= 0.3 is 5.69 Å². The second kappa shape index (κ2) is 4.34. The highest BCUT2D eigenvalue weighted by Crippen LogP contribution is 2.25. The molecular weight excluding hydrogens is 198 g/mol. The molecule has 0 aliphatic rings. The third-order valence-corrected chi connectivity index (χ3v) is 1.56. The molecule has 0 amide bonds. The van der Waals surface area contributed by atoms with Crippen LogP contribution in [0.4, 0.5) is 11.5 Å². The van der Waals surface area contributed by atoms with Crippen molar-refractivity contribution in [3.63, 3.8) is 0 Å². The summed E-state index contributed by atoms with van der Waals surface area (Å²) in [5.74, 6) is 0.0593. The highest BCUT2D eigenvalue weighted by molar-refractivity contribution is 5.63. The number of hydrogen-bond donors (Lipinski definition) is 1. The molecule has 0 saturated carbocycles. The predicted octanol–water partition coefficient (Wildman–Crippen LogP) is 0.750. The van der Waals surface area contributed by atoms with E-state index in [1.807, 2.05) is 0 Å². The van der Waals surface area contributed by atoms with Crippen LogP contribution in [0.1, 0.15) is 5.56 Å². The van der Waals surface area contributed by atoms with Crippen LogP contribution in [0.2, 0.25) is 0 Å². The first kappa shape index (κ1) is 10.9. The van der Waals surface area contributed by atoms with E-state index in [0.717, 1.165) is 0 Å². The van der Waals surface area contributed by atoms with Gasteiger partial charge in [-0.1, -0.05) is 0 Å². The van der Waals surface area contributed by atoms with Gasteiger partial charge in [0.1, 0.15) is 11.6 Å². The second-order valence-corrected chi connectivity index (χ2v) is 2.93. The molecule has 0 spiro atoms. The average Bonchev–Trinajstić information content (AvgIpc) is 2.15. The maximum Gasteiger partial charge on any atom is 0.330 e. The molecule has 7 nitrogen and oxygen atoms in total.